The Bertz CT molecular complexity index is 617. The quantitative estimate of drug-likeness (QED) is 0.725. The molecule has 2 rings (SSSR count). The maximum atomic E-state index is 13.0. The number of aliphatic hydroxyl groups is 1. The van der Waals surface area contributed by atoms with Gasteiger partial charge < -0.3 is 24.6 Å². The van der Waals surface area contributed by atoms with Crippen LogP contribution in [0.2, 0.25) is 0 Å². The Hall–Kier alpha value is -2.54. The maximum absolute atomic E-state index is 13.0. The van der Waals surface area contributed by atoms with E-state index >= 15 is 0 Å². The van der Waals surface area contributed by atoms with Crippen molar-refractivity contribution in [3.8, 4) is 17.2 Å². The second-order valence-corrected chi connectivity index (χ2v) is 4.68. The summed E-state index contributed by atoms with van der Waals surface area (Å²) in [5.74, 6) is 1.20. The number of benzene rings is 1. The first-order chi connectivity index (χ1) is 11.1. The monoisotopic (exact) mass is 322 g/mol. The molecule has 0 fully saturated rings. The average Bonchev–Trinajstić information content (AvgIpc) is 2.57. The molecule has 1 aromatic heterocycles. The number of aliphatic hydroxyl groups excluding tert-OH is 1. The van der Waals surface area contributed by atoms with E-state index in [-0.39, 0.29) is 13.2 Å². The number of nitrogens with one attached hydrogen (secondary N) is 1. The molecule has 0 saturated heterocycles. The largest absolute Gasteiger partial charge is 0.493 e. The van der Waals surface area contributed by atoms with Crippen LogP contribution >= 0.6 is 0 Å². The topological polar surface area (TPSA) is 72.8 Å². The van der Waals surface area contributed by atoms with Crippen LogP contribution in [-0.2, 0) is 0 Å². The summed E-state index contributed by atoms with van der Waals surface area (Å²) in [6.45, 7) is 0.174. The molecule has 124 valence electrons. The molecule has 0 aliphatic carbocycles. The van der Waals surface area contributed by atoms with Crippen molar-refractivity contribution in [3.05, 3.63) is 42.3 Å². The summed E-state index contributed by atoms with van der Waals surface area (Å²) in [6.07, 6.45) is -0.824. The van der Waals surface area contributed by atoms with Crippen LogP contribution in [0.3, 0.4) is 0 Å². The lowest BCUT2D eigenvalue weighted by Gasteiger charge is -2.17. The molecule has 0 saturated carbocycles. The van der Waals surface area contributed by atoms with Gasteiger partial charge in [-0.3, -0.25) is 0 Å². The van der Waals surface area contributed by atoms with Crippen molar-refractivity contribution in [2.75, 3.05) is 32.7 Å². The van der Waals surface area contributed by atoms with Gasteiger partial charge in [0.1, 0.15) is 18.5 Å². The minimum Gasteiger partial charge on any atom is -0.493 e. The molecule has 2 N–H and O–H groups in total. The smallest absolute Gasteiger partial charge is 0.214 e. The highest BCUT2D eigenvalue weighted by Crippen LogP contribution is 2.36. The maximum Gasteiger partial charge on any atom is 0.214 e. The third-order valence-corrected chi connectivity index (χ3v) is 3.04. The zero-order valence-corrected chi connectivity index (χ0v) is 13.0. The van der Waals surface area contributed by atoms with Gasteiger partial charge in [0.2, 0.25) is 11.7 Å². The van der Waals surface area contributed by atoms with E-state index in [1.165, 1.54) is 26.4 Å². The highest BCUT2D eigenvalue weighted by Gasteiger charge is 2.13. The number of ether oxygens (including phenoxy) is 3. The molecule has 2 aromatic rings. The predicted molar refractivity (Wildman–Crippen MR) is 83.7 cm³/mol. The first-order valence-electron chi connectivity index (χ1n) is 7.02. The number of methoxy groups -OCH3 is 2. The molecule has 0 aliphatic rings. The highest BCUT2D eigenvalue weighted by atomic mass is 19.1. The minimum absolute atomic E-state index is 0.0129. The fourth-order valence-corrected chi connectivity index (χ4v) is 1.93. The van der Waals surface area contributed by atoms with E-state index < -0.39 is 12.1 Å². The van der Waals surface area contributed by atoms with Gasteiger partial charge in [-0.25, -0.2) is 4.98 Å². The molecule has 0 aliphatic heterocycles. The molecular weight excluding hydrogens is 303 g/mol. The van der Waals surface area contributed by atoms with Gasteiger partial charge in [-0.2, -0.15) is 4.39 Å². The van der Waals surface area contributed by atoms with Gasteiger partial charge in [0.05, 0.1) is 14.2 Å². The van der Waals surface area contributed by atoms with Crippen molar-refractivity contribution in [2.24, 2.45) is 0 Å². The molecule has 0 spiro atoms. The molecule has 23 heavy (non-hydrogen) atoms. The second kappa shape index (κ2) is 8.19. The van der Waals surface area contributed by atoms with Gasteiger partial charge in [0.15, 0.2) is 11.5 Å². The van der Waals surface area contributed by atoms with Crippen molar-refractivity contribution >= 4 is 5.82 Å². The Morgan fingerprint density at radius 3 is 2.39 bits per heavy atom. The van der Waals surface area contributed by atoms with Gasteiger partial charge in [-0.1, -0.05) is 12.1 Å². The Morgan fingerprint density at radius 1 is 1.13 bits per heavy atom. The van der Waals surface area contributed by atoms with E-state index in [0.717, 1.165) is 0 Å². The standard InChI is InChI=1S/C16H19FN2O4/c1-21-12-5-3-6-13(22-2)16(12)23-10-11(20)9-18-15-8-4-7-14(17)19-15/h3-8,11,20H,9-10H2,1-2H3,(H,18,19). The molecule has 0 bridgehead atoms. The summed E-state index contributed by atoms with van der Waals surface area (Å²) in [4.78, 5) is 3.65. The lowest BCUT2D eigenvalue weighted by Crippen LogP contribution is -2.26. The molecule has 6 nitrogen and oxygen atoms in total. The zero-order chi connectivity index (χ0) is 16.7. The Balaban J connectivity index is 1.90. The molecular formula is C16H19FN2O4. The second-order valence-electron chi connectivity index (χ2n) is 4.68. The summed E-state index contributed by atoms with van der Waals surface area (Å²) in [6, 6.07) is 9.64. The minimum atomic E-state index is -0.824. The number of aromatic nitrogens is 1. The summed E-state index contributed by atoms with van der Waals surface area (Å²) < 4.78 is 29.0. The van der Waals surface area contributed by atoms with E-state index in [1.807, 2.05) is 0 Å². The molecule has 0 amide bonds. The number of anilines is 1. The number of halogens is 1. The molecule has 1 heterocycles. The van der Waals surface area contributed by atoms with Crippen LogP contribution in [0, 0.1) is 5.95 Å². The van der Waals surface area contributed by atoms with E-state index in [0.29, 0.717) is 23.1 Å². The Labute approximate surface area is 133 Å². The van der Waals surface area contributed by atoms with Crippen LogP contribution in [-0.4, -0.2) is 43.6 Å². The van der Waals surface area contributed by atoms with Crippen LogP contribution in [0.25, 0.3) is 0 Å². The van der Waals surface area contributed by atoms with Gasteiger partial charge in [0.25, 0.3) is 0 Å². The van der Waals surface area contributed by atoms with Crippen LogP contribution < -0.4 is 19.5 Å². The van der Waals surface area contributed by atoms with Gasteiger partial charge in [0, 0.05) is 6.54 Å². The van der Waals surface area contributed by atoms with E-state index in [9.17, 15) is 9.50 Å². The zero-order valence-electron chi connectivity index (χ0n) is 13.0. The third-order valence-electron chi connectivity index (χ3n) is 3.04. The van der Waals surface area contributed by atoms with Crippen molar-refractivity contribution < 1.29 is 23.7 Å². The van der Waals surface area contributed by atoms with Crippen molar-refractivity contribution in [2.45, 2.75) is 6.10 Å². The summed E-state index contributed by atoms with van der Waals surface area (Å²) in [7, 11) is 3.05. The van der Waals surface area contributed by atoms with Gasteiger partial charge in [-0.05, 0) is 24.3 Å². The van der Waals surface area contributed by atoms with Crippen LogP contribution in [0.1, 0.15) is 0 Å². The first-order valence-corrected chi connectivity index (χ1v) is 7.02. The summed E-state index contributed by atoms with van der Waals surface area (Å²) in [5, 5.41) is 12.8. The summed E-state index contributed by atoms with van der Waals surface area (Å²) in [5.41, 5.74) is 0. The van der Waals surface area contributed by atoms with Gasteiger partial charge in [-0.15, -0.1) is 0 Å². The third kappa shape index (κ3) is 4.72. The number of para-hydroxylation sites is 1. The Morgan fingerprint density at radius 2 is 1.78 bits per heavy atom. The fourth-order valence-electron chi connectivity index (χ4n) is 1.93. The highest BCUT2D eigenvalue weighted by molar-refractivity contribution is 5.51. The predicted octanol–water partition coefficient (Wildman–Crippen LogP) is 2.09. The molecule has 1 atom stereocenters. The SMILES string of the molecule is COc1cccc(OC)c1OCC(O)CNc1cccc(F)n1. The van der Waals surface area contributed by atoms with E-state index in [2.05, 4.69) is 10.3 Å². The van der Waals surface area contributed by atoms with E-state index in [4.69, 9.17) is 14.2 Å². The molecule has 1 aromatic carbocycles. The molecule has 0 radical (unpaired) electrons. The van der Waals surface area contributed by atoms with Gasteiger partial charge >= 0.3 is 0 Å². The molecule has 7 heteroatoms. The number of hydrogen-bond donors (Lipinski definition) is 2. The van der Waals surface area contributed by atoms with Crippen LogP contribution in [0.5, 0.6) is 17.2 Å². The number of pyridine rings is 1. The van der Waals surface area contributed by atoms with Crippen molar-refractivity contribution in [3.63, 3.8) is 0 Å². The first kappa shape index (κ1) is 16.8. The van der Waals surface area contributed by atoms with Crippen molar-refractivity contribution in [1.29, 1.82) is 0 Å². The number of rotatable bonds is 8. The van der Waals surface area contributed by atoms with Crippen LogP contribution in [0.15, 0.2) is 36.4 Å². The lowest BCUT2D eigenvalue weighted by atomic mass is 10.3. The van der Waals surface area contributed by atoms with Crippen molar-refractivity contribution in [1.82, 2.24) is 4.98 Å². The normalized spacial score (nSPS) is 11.7. The Kier molecular flexibility index (Phi) is 5.99. The van der Waals surface area contributed by atoms with E-state index in [1.54, 1.807) is 24.3 Å². The number of hydrogen-bond acceptors (Lipinski definition) is 6. The fraction of sp³-hybridized carbons (Fsp3) is 0.312. The average molecular weight is 322 g/mol. The van der Waals surface area contributed by atoms with Crippen LogP contribution in [0.4, 0.5) is 10.2 Å². The number of nitrogens with zero attached hydrogens (tertiary/aromatic N) is 1. The lowest BCUT2D eigenvalue weighted by molar-refractivity contribution is 0.113. The summed E-state index contributed by atoms with van der Waals surface area (Å²) >= 11 is 0. The molecule has 1 unspecified atom stereocenters.